The molecule has 0 aromatic carbocycles. The molecule has 21 heavy (non-hydrogen) atoms. The summed E-state index contributed by atoms with van der Waals surface area (Å²) in [7, 11) is 0. The summed E-state index contributed by atoms with van der Waals surface area (Å²) in [4.78, 5) is 21.5. The molecule has 0 radical (unpaired) electrons. The number of fused-ring (bicyclic) bond motifs is 3. The molecule has 1 fully saturated rings. The number of nitrogens with zero attached hydrogens (tertiary/aromatic N) is 2. The van der Waals surface area contributed by atoms with Crippen molar-refractivity contribution in [1.29, 1.82) is 0 Å². The molecule has 1 spiro atoms. The summed E-state index contributed by atoms with van der Waals surface area (Å²) in [6, 6.07) is 0. The Kier molecular flexibility index (Phi) is 3.18. The van der Waals surface area contributed by atoms with Gasteiger partial charge >= 0.3 is 0 Å². The summed E-state index contributed by atoms with van der Waals surface area (Å²) in [5, 5.41) is 0.852. The number of rotatable bonds is 1. The number of Topliss-reactive ketones (excluding diaryl/α,β-unsaturated/α-hetero) is 1. The molecule has 3 nitrogen and oxygen atoms in total. The minimum absolute atomic E-state index is 0.0954. The number of carbonyl (C=O) groups is 1. The predicted octanol–water partition coefficient (Wildman–Crippen LogP) is 3.82. The normalized spacial score (nSPS) is 23.4. The molecule has 3 aliphatic rings. The number of allylic oxidation sites excluding steroid dienone is 2. The van der Waals surface area contributed by atoms with Crippen LogP contribution < -0.4 is 0 Å². The molecule has 1 aromatic rings. The van der Waals surface area contributed by atoms with Crippen LogP contribution in [0.25, 0.3) is 5.57 Å². The third kappa shape index (κ3) is 2.07. The van der Waals surface area contributed by atoms with E-state index in [1.165, 1.54) is 41.7 Å². The van der Waals surface area contributed by atoms with Crippen molar-refractivity contribution in [2.45, 2.75) is 56.5 Å². The summed E-state index contributed by atoms with van der Waals surface area (Å²) >= 11 is 1.60. The Balaban J connectivity index is 1.86. The van der Waals surface area contributed by atoms with Gasteiger partial charge in [-0.05, 0) is 31.1 Å². The van der Waals surface area contributed by atoms with E-state index in [2.05, 4.69) is 4.98 Å². The van der Waals surface area contributed by atoms with Gasteiger partial charge in [-0.3, -0.25) is 4.79 Å². The highest BCUT2D eigenvalue weighted by Gasteiger charge is 2.46. The zero-order valence-corrected chi connectivity index (χ0v) is 13.3. The van der Waals surface area contributed by atoms with E-state index in [1.54, 1.807) is 11.8 Å². The monoisotopic (exact) mass is 300 g/mol. The SMILES string of the molecule is CSc1ncc2c(n1)C1=C(CC(=O)CC13CCCCC3)C2. The summed E-state index contributed by atoms with van der Waals surface area (Å²) in [6.45, 7) is 0. The van der Waals surface area contributed by atoms with Crippen LogP contribution in [0.5, 0.6) is 0 Å². The lowest BCUT2D eigenvalue weighted by Crippen LogP contribution is -2.32. The average molecular weight is 300 g/mol. The van der Waals surface area contributed by atoms with E-state index in [0.717, 1.165) is 30.8 Å². The fraction of sp³-hybridized carbons (Fsp3) is 0.588. The van der Waals surface area contributed by atoms with E-state index >= 15 is 0 Å². The van der Waals surface area contributed by atoms with Crippen molar-refractivity contribution < 1.29 is 4.79 Å². The molecule has 4 heteroatoms. The third-order valence-corrected chi connectivity index (χ3v) is 5.87. The minimum atomic E-state index is 0.0954. The van der Waals surface area contributed by atoms with Crippen LogP contribution in [0, 0.1) is 5.41 Å². The van der Waals surface area contributed by atoms with Gasteiger partial charge in [0, 0.05) is 30.0 Å². The molecule has 3 aliphatic carbocycles. The topological polar surface area (TPSA) is 42.9 Å². The molecular weight excluding hydrogens is 280 g/mol. The molecule has 0 N–H and O–H groups in total. The molecule has 1 aromatic heterocycles. The van der Waals surface area contributed by atoms with E-state index in [4.69, 9.17) is 4.98 Å². The van der Waals surface area contributed by atoms with Crippen molar-refractivity contribution in [3.63, 3.8) is 0 Å². The molecule has 0 saturated heterocycles. The largest absolute Gasteiger partial charge is 0.299 e. The van der Waals surface area contributed by atoms with Crippen LogP contribution in [-0.4, -0.2) is 22.0 Å². The highest BCUT2D eigenvalue weighted by molar-refractivity contribution is 7.98. The van der Waals surface area contributed by atoms with Gasteiger partial charge in [0.05, 0.1) is 5.69 Å². The molecule has 0 bridgehead atoms. The van der Waals surface area contributed by atoms with Crippen molar-refractivity contribution in [2.75, 3.05) is 6.26 Å². The first kappa shape index (κ1) is 13.5. The van der Waals surface area contributed by atoms with Crippen LogP contribution in [0.1, 0.15) is 56.2 Å². The predicted molar refractivity (Wildman–Crippen MR) is 84.2 cm³/mol. The Labute approximate surface area is 129 Å². The van der Waals surface area contributed by atoms with E-state index in [0.29, 0.717) is 12.2 Å². The van der Waals surface area contributed by atoms with Crippen molar-refractivity contribution in [2.24, 2.45) is 5.41 Å². The van der Waals surface area contributed by atoms with E-state index in [9.17, 15) is 4.79 Å². The van der Waals surface area contributed by atoms with Gasteiger partial charge in [0.25, 0.3) is 0 Å². The lowest BCUT2D eigenvalue weighted by molar-refractivity contribution is -0.120. The number of carbonyl (C=O) groups excluding carboxylic acids is 1. The van der Waals surface area contributed by atoms with Gasteiger partial charge in [-0.25, -0.2) is 9.97 Å². The summed E-state index contributed by atoms with van der Waals surface area (Å²) < 4.78 is 0. The van der Waals surface area contributed by atoms with Gasteiger partial charge in [0.2, 0.25) is 0 Å². The standard InChI is InChI=1S/C17H20N2OS/c1-21-16-18-10-12-7-11-8-13(20)9-17(5-3-2-4-6-17)14(11)15(12)19-16/h10H,2-9H2,1H3. The second-order valence-corrected chi connectivity index (χ2v) is 7.39. The molecule has 0 amide bonds. The zero-order valence-electron chi connectivity index (χ0n) is 12.4. The van der Waals surface area contributed by atoms with Crippen LogP contribution in [0.4, 0.5) is 0 Å². The Hall–Kier alpha value is -1.16. The Morgan fingerprint density at radius 3 is 2.76 bits per heavy atom. The van der Waals surface area contributed by atoms with Gasteiger partial charge in [-0.15, -0.1) is 0 Å². The second-order valence-electron chi connectivity index (χ2n) is 6.62. The van der Waals surface area contributed by atoms with Crippen molar-refractivity contribution in [1.82, 2.24) is 9.97 Å². The van der Waals surface area contributed by atoms with Crippen molar-refractivity contribution >= 4 is 23.1 Å². The zero-order chi connectivity index (χ0) is 14.4. The van der Waals surface area contributed by atoms with Crippen LogP contribution in [0.2, 0.25) is 0 Å². The van der Waals surface area contributed by atoms with Crippen molar-refractivity contribution in [3.8, 4) is 0 Å². The van der Waals surface area contributed by atoms with Crippen LogP contribution in [-0.2, 0) is 11.2 Å². The van der Waals surface area contributed by atoms with Crippen LogP contribution >= 0.6 is 11.8 Å². The van der Waals surface area contributed by atoms with Crippen LogP contribution in [0.15, 0.2) is 16.9 Å². The first-order valence-corrected chi connectivity index (χ1v) is 9.09. The summed E-state index contributed by atoms with van der Waals surface area (Å²) in [5.41, 5.74) is 5.28. The maximum Gasteiger partial charge on any atom is 0.187 e. The lowest BCUT2D eigenvalue weighted by Gasteiger charge is -2.41. The highest BCUT2D eigenvalue weighted by Crippen LogP contribution is 2.56. The molecule has 1 saturated carbocycles. The highest BCUT2D eigenvalue weighted by atomic mass is 32.2. The van der Waals surface area contributed by atoms with Gasteiger partial charge in [-0.1, -0.05) is 36.6 Å². The molecule has 0 atom stereocenters. The quantitative estimate of drug-likeness (QED) is 0.584. The Morgan fingerprint density at radius 2 is 2.00 bits per heavy atom. The lowest BCUT2D eigenvalue weighted by atomic mass is 9.62. The smallest absolute Gasteiger partial charge is 0.187 e. The van der Waals surface area contributed by atoms with E-state index in [-0.39, 0.29) is 5.41 Å². The molecule has 110 valence electrons. The van der Waals surface area contributed by atoms with Gasteiger partial charge in [0.15, 0.2) is 5.16 Å². The average Bonchev–Trinajstić information content (AvgIpc) is 2.85. The van der Waals surface area contributed by atoms with Gasteiger partial charge in [0.1, 0.15) is 5.78 Å². The number of thioether (sulfide) groups is 1. The Morgan fingerprint density at radius 1 is 1.19 bits per heavy atom. The summed E-state index contributed by atoms with van der Waals surface area (Å²) in [5.74, 6) is 0.432. The first-order chi connectivity index (χ1) is 10.2. The molecule has 4 rings (SSSR count). The Bertz CT molecular complexity index is 644. The number of hydrogen-bond donors (Lipinski definition) is 0. The van der Waals surface area contributed by atoms with E-state index in [1.807, 2.05) is 12.5 Å². The van der Waals surface area contributed by atoms with Gasteiger partial charge < -0.3 is 0 Å². The number of hydrogen-bond acceptors (Lipinski definition) is 4. The van der Waals surface area contributed by atoms with Crippen LogP contribution in [0.3, 0.4) is 0 Å². The number of ketones is 1. The maximum absolute atomic E-state index is 12.3. The first-order valence-electron chi connectivity index (χ1n) is 7.86. The molecule has 1 heterocycles. The van der Waals surface area contributed by atoms with Gasteiger partial charge in [-0.2, -0.15) is 0 Å². The van der Waals surface area contributed by atoms with E-state index < -0.39 is 0 Å². The fourth-order valence-electron chi connectivity index (χ4n) is 4.52. The number of aromatic nitrogens is 2. The van der Waals surface area contributed by atoms with Crippen molar-refractivity contribution in [3.05, 3.63) is 23.0 Å². The third-order valence-electron chi connectivity index (χ3n) is 5.31. The second kappa shape index (κ2) is 4.94. The maximum atomic E-state index is 12.3. The fourth-order valence-corrected chi connectivity index (χ4v) is 4.86. The minimum Gasteiger partial charge on any atom is -0.299 e. The molecule has 0 unspecified atom stereocenters. The molecule has 0 aliphatic heterocycles. The molecular formula is C17H20N2OS. The summed E-state index contributed by atoms with van der Waals surface area (Å²) in [6.07, 6.45) is 12.4.